The minimum absolute atomic E-state index is 0.336. The first kappa shape index (κ1) is 13.6. The average molecular weight is 297 g/mol. The van der Waals surface area contributed by atoms with Gasteiger partial charge in [-0.15, -0.1) is 0 Å². The summed E-state index contributed by atoms with van der Waals surface area (Å²) in [4.78, 5) is 3.46. The van der Waals surface area contributed by atoms with Crippen LogP contribution in [0.15, 0.2) is 71.9 Å². The van der Waals surface area contributed by atoms with Crippen LogP contribution in [0.5, 0.6) is 0 Å². The molecule has 0 radical (unpaired) electrons. The summed E-state index contributed by atoms with van der Waals surface area (Å²) in [6.07, 6.45) is 5.10. The smallest absolute Gasteiger partial charge is 0.175 e. The van der Waals surface area contributed by atoms with Gasteiger partial charge in [-0.05, 0) is 23.3 Å². The molecule has 0 atom stereocenters. The van der Waals surface area contributed by atoms with Crippen LogP contribution >= 0.6 is 0 Å². The summed E-state index contributed by atoms with van der Waals surface area (Å²) in [7, 11) is -3.16. The van der Waals surface area contributed by atoms with Crippen LogP contribution in [0.25, 0.3) is 22.3 Å². The third-order valence-electron chi connectivity index (χ3n) is 3.42. The molecule has 1 N–H and O–H groups in total. The van der Waals surface area contributed by atoms with E-state index in [4.69, 9.17) is 0 Å². The maximum absolute atomic E-state index is 11.5. The molecule has 1 heterocycles. The van der Waals surface area contributed by atoms with Crippen LogP contribution in [0, 0.1) is 0 Å². The Bertz CT molecular complexity index is 847. The van der Waals surface area contributed by atoms with Crippen molar-refractivity contribution in [2.75, 3.05) is 6.26 Å². The Labute approximate surface area is 124 Å². The van der Waals surface area contributed by atoms with E-state index in [0.717, 1.165) is 22.3 Å². The van der Waals surface area contributed by atoms with E-state index in [9.17, 15) is 8.42 Å². The average Bonchev–Trinajstić information content (AvgIpc) is 2.97. The van der Waals surface area contributed by atoms with E-state index in [-0.39, 0.29) is 0 Å². The van der Waals surface area contributed by atoms with Crippen LogP contribution in [0.3, 0.4) is 0 Å². The van der Waals surface area contributed by atoms with Gasteiger partial charge in [0.1, 0.15) is 0 Å². The standard InChI is InChI=1S/C17H15NO2S/c1-21(19,20)15-9-7-14(8-10-15)17-12-18-11-16(17)13-5-3-2-4-6-13/h2-12,18H,1H3. The van der Waals surface area contributed by atoms with E-state index < -0.39 is 9.84 Å². The zero-order valence-electron chi connectivity index (χ0n) is 11.6. The third-order valence-corrected chi connectivity index (χ3v) is 4.55. The number of nitrogens with one attached hydrogen (secondary N) is 1. The molecule has 0 aliphatic rings. The first-order valence-corrected chi connectivity index (χ1v) is 8.47. The first-order valence-electron chi connectivity index (χ1n) is 6.58. The summed E-state index contributed by atoms with van der Waals surface area (Å²) in [5.41, 5.74) is 4.27. The monoisotopic (exact) mass is 297 g/mol. The second-order valence-electron chi connectivity index (χ2n) is 4.95. The van der Waals surface area contributed by atoms with Gasteiger partial charge in [-0.1, -0.05) is 42.5 Å². The molecular formula is C17H15NO2S. The Balaban J connectivity index is 2.05. The first-order chi connectivity index (χ1) is 10.1. The summed E-state index contributed by atoms with van der Waals surface area (Å²) in [5.74, 6) is 0. The lowest BCUT2D eigenvalue weighted by Crippen LogP contribution is -1.96. The van der Waals surface area contributed by atoms with Gasteiger partial charge in [0.25, 0.3) is 0 Å². The number of hydrogen-bond donors (Lipinski definition) is 1. The van der Waals surface area contributed by atoms with Crippen molar-refractivity contribution in [1.29, 1.82) is 0 Å². The zero-order chi connectivity index (χ0) is 14.9. The molecule has 3 nitrogen and oxygen atoms in total. The maximum atomic E-state index is 11.5. The van der Waals surface area contributed by atoms with Gasteiger partial charge in [0, 0.05) is 29.8 Å². The van der Waals surface area contributed by atoms with Crippen LogP contribution in [0.1, 0.15) is 0 Å². The number of sulfone groups is 1. The molecule has 0 aliphatic heterocycles. The number of aromatic nitrogens is 1. The number of H-pyrrole nitrogens is 1. The van der Waals surface area contributed by atoms with Crippen LogP contribution in [-0.4, -0.2) is 19.7 Å². The van der Waals surface area contributed by atoms with Crippen molar-refractivity contribution < 1.29 is 8.42 Å². The second-order valence-corrected chi connectivity index (χ2v) is 6.96. The van der Waals surface area contributed by atoms with Crippen LogP contribution < -0.4 is 0 Å². The summed E-state index contributed by atoms with van der Waals surface area (Å²) < 4.78 is 23.0. The van der Waals surface area contributed by atoms with Crippen LogP contribution in [-0.2, 0) is 9.84 Å². The fraction of sp³-hybridized carbons (Fsp3) is 0.0588. The van der Waals surface area contributed by atoms with E-state index in [2.05, 4.69) is 17.1 Å². The van der Waals surface area contributed by atoms with Crippen molar-refractivity contribution >= 4 is 9.84 Å². The predicted octanol–water partition coefficient (Wildman–Crippen LogP) is 3.75. The van der Waals surface area contributed by atoms with Gasteiger partial charge < -0.3 is 4.98 Å². The van der Waals surface area contributed by atoms with Gasteiger partial charge >= 0.3 is 0 Å². The quantitative estimate of drug-likeness (QED) is 0.800. The molecular weight excluding hydrogens is 282 g/mol. The molecule has 3 rings (SSSR count). The van der Waals surface area contributed by atoms with Gasteiger partial charge in [-0.25, -0.2) is 8.42 Å². The molecule has 0 saturated carbocycles. The number of rotatable bonds is 3. The molecule has 0 saturated heterocycles. The molecule has 106 valence electrons. The molecule has 0 bridgehead atoms. The fourth-order valence-corrected chi connectivity index (χ4v) is 2.97. The Hall–Kier alpha value is -2.33. The van der Waals surface area contributed by atoms with E-state index >= 15 is 0 Å². The molecule has 3 aromatic rings. The predicted molar refractivity (Wildman–Crippen MR) is 84.8 cm³/mol. The molecule has 21 heavy (non-hydrogen) atoms. The Morgan fingerprint density at radius 3 is 1.81 bits per heavy atom. The van der Waals surface area contributed by atoms with E-state index in [1.165, 1.54) is 6.26 Å². The second kappa shape index (κ2) is 5.22. The Morgan fingerprint density at radius 2 is 1.29 bits per heavy atom. The number of aromatic amines is 1. The summed E-state index contributed by atoms with van der Waals surface area (Å²) in [5, 5.41) is 0. The van der Waals surface area contributed by atoms with E-state index in [1.807, 2.05) is 42.7 Å². The highest BCUT2D eigenvalue weighted by molar-refractivity contribution is 7.90. The van der Waals surface area contributed by atoms with Crippen molar-refractivity contribution in [3.05, 3.63) is 67.0 Å². The largest absolute Gasteiger partial charge is 0.366 e. The van der Waals surface area contributed by atoms with Gasteiger partial charge in [0.2, 0.25) is 0 Å². The molecule has 0 fully saturated rings. The highest BCUT2D eigenvalue weighted by Gasteiger charge is 2.10. The Morgan fingerprint density at radius 1 is 0.762 bits per heavy atom. The van der Waals surface area contributed by atoms with E-state index in [0.29, 0.717) is 4.90 Å². The fourth-order valence-electron chi connectivity index (χ4n) is 2.34. The van der Waals surface area contributed by atoms with Gasteiger partial charge in [-0.3, -0.25) is 0 Å². The van der Waals surface area contributed by atoms with Crippen molar-refractivity contribution in [3.8, 4) is 22.3 Å². The molecule has 0 unspecified atom stereocenters. The molecule has 1 aromatic heterocycles. The number of hydrogen-bond acceptors (Lipinski definition) is 2. The molecule has 0 amide bonds. The minimum atomic E-state index is -3.16. The van der Waals surface area contributed by atoms with Crippen molar-refractivity contribution in [1.82, 2.24) is 4.98 Å². The van der Waals surface area contributed by atoms with Crippen LogP contribution in [0.4, 0.5) is 0 Å². The highest BCUT2D eigenvalue weighted by Crippen LogP contribution is 2.32. The molecule has 0 aliphatic carbocycles. The van der Waals surface area contributed by atoms with Crippen molar-refractivity contribution in [2.24, 2.45) is 0 Å². The minimum Gasteiger partial charge on any atom is -0.366 e. The third kappa shape index (κ3) is 2.76. The zero-order valence-corrected chi connectivity index (χ0v) is 12.4. The Kier molecular flexibility index (Phi) is 3.39. The van der Waals surface area contributed by atoms with Crippen molar-refractivity contribution in [3.63, 3.8) is 0 Å². The molecule has 4 heteroatoms. The lowest BCUT2D eigenvalue weighted by atomic mass is 9.99. The summed E-state index contributed by atoms with van der Waals surface area (Å²) in [6.45, 7) is 0. The summed E-state index contributed by atoms with van der Waals surface area (Å²) in [6, 6.07) is 17.1. The van der Waals surface area contributed by atoms with Crippen LogP contribution in [0.2, 0.25) is 0 Å². The molecule has 2 aromatic carbocycles. The van der Waals surface area contributed by atoms with Gasteiger partial charge in [0.15, 0.2) is 9.84 Å². The SMILES string of the molecule is CS(=O)(=O)c1ccc(-c2c[nH]cc2-c2ccccc2)cc1. The summed E-state index contributed by atoms with van der Waals surface area (Å²) >= 11 is 0. The number of benzene rings is 2. The highest BCUT2D eigenvalue weighted by atomic mass is 32.2. The van der Waals surface area contributed by atoms with E-state index in [1.54, 1.807) is 12.1 Å². The lowest BCUT2D eigenvalue weighted by Gasteiger charge is -2.05. The van der Waals surface area contributed by atoms with Crippen molar-refractivity contribution in [2.45, 2.75) is 4.90 Å². The van der Waals surface area contributed by atoms with Gasteiger partial charge in [-0.2, -0.15) is 0 Å². The molecule has 0 spiro atoms. The maximum Gasteiger partial charge on any atom is 0.175 e. The van der Waals surface area contributed by atoms with Gasteiger partial charge in [0.05, 0.1) is 4.90 Å². The lowest BCUT2D eigenvalue weighted by molar-refractivity contribution is 0.602. The normalized spacial score (nSPS) is 11.5. The topological polar surface area (TPSA) is 49.9 Å².